The number of nitrogens with zero attached hydrogens (tertiary/aromatic N) is 1. The number of rotatable bonds is 4. The van der Waals surface area contributed by atoms with Gasteiger partial charge in [0.1, 0.15) is 0 Å². The molecule has 0 saturated heterocycles. The summed E-state index contributed by atoms with van der Waals surface area (Å²) in [6, 6.07) is 7.36. The third-order valence-corrected chi connectivity index (χ3v) is 3.85. The second-order valence-corrected chi connectivity index (χ2v) is 6.12. The van der Waals surface area contributed by atoms with Crippen LogP contribution in [0.5, 0.6) is 0 Å². The first-order chi connectivity index (χ1) is 8.65. The molecule has 1 heterocycles. The van der Waals surface area contributed by atoms with E-state index in [0.29, 0.717) is 12.1 Å². The number of amides is 1. The first-order valence-electron chi connectivity index (χ1n) is 5.60. The Morgan fingerprint density at radius 2 is 2.33 bits per heavy atom. The molecule has 0 unspecified atom stereocenters. The van der Waals surface area contributed by atoms with Crippen molar-refractivity contribution in [3.63, 3.8) is 0 Å². The molecule has 0 atom stereocenters. The molecular formula is C13H13BrN2OS. The number of aromatic nitrogens is 1. The Balaban J connectivity index is 1.85. The van der Waals surface area contributed by atoms with Crippen LogP contribution in [0.1, 0.15) is 20.2 Å². The van der Waals surface area contributed by atoms with Gasteiger partial charge in [0, 0.05) is 34.1 Å². The molecule has 2 rings (SSSR count). The number of halogens is 1. The van der Waals surface area contributed by atoms with Gasteiger partial charge in [0.25, 0.3) is 5.91 Å². The number of carbonyl (C=O) groups excluding carboxylic acids is 1. The van der Waals surface area contributed by atoms with Crippen LogP contribution in [0.2, 0.25) is 0 Å². The topological polar surface area (TPSA) is 42.0 Å². The Kier molecular flexibility index (Phi) is 4.49. The predicted molar refractivity (Wildman–Crippen MR) is 77.0 cm³/mol. The van der Waals surface area contributed by atoms with E-state index < -0.39 is 0 Å². The van der Waals surface area contributed by atoms with Crippen LogP contribution in [0.15, 0.2) is 34.9 Å². The summed E-state index contributed by atoms with van der Waals surface area (Å²) in [7, 11) is 0. The van der Waals surface area contributed by atoms with Crippen molar-refractivity contribution < 1.29 is 4.79 Å². The number of thiazole rings is 1. The van der Waals surface area contributed by atoms with Crippen LogP contribution in [0.3, 0.4) is 0 Å². The zero-order chi connectivity index (χ0) is 13.0. The van der Waals surface area contributed by atoms with E-state index in [2.05, 4.69) is 26.2 Å². The molecule has 0 fully saturated rings. The van der Waals surface area contributed by atoms with Crippen molar-refractivity contribution in [3.05, 3.63) is 50.4 Å². The average Bonchev–Trinajstić information content (AvgIpc) is 2.75. The molecular weight excluding hydrogens is 312 g/mol. The van der Waals surface area contributed by atoms with Gasteiger partial charge < -0.3 is 5.32 Å². The van der Waals surface area contributed by atoms with E-state index in [-0.39, 0.29) is 5.91 Å². The van der Waals surface area contributed by atoms with Crippen molar-refractivity contribution in [2.45, 2.75) is 13.3 Å². The van der Waals surface area contributed by atoms with E-state index in [1.54, 1.807) is 17.4 Å². The van der Waals surface area contributed by atoms with Crippen LogP contribution in [0.4, 0.5) is 0 Å². The number of hydrogen-bond donors (Lipinski definition) is 1. The van der Waals surface area contributed by atoms with E-state index in [1.807, 2.05) is 31.3 Å². The molecule has 1 aromatic carbocycles. The first kappa shape index (κ1) is 13.2. The number of benzene rings is 1. The normalized spacial score (nSPS) is 10.3. The summed E-state index contributed by atoms with van der Waals surface area (Å²) in [5.74, 6) is -0.0513. The molecule has 5 heteroatoms. The molecule has 0 aliphatic rings. The van der Waals surface area contributed by atoms with Gasteiger partial charge in [-0.15, -0.1) is 11.3 Å². The van der Waals surface area contributed by atoms with Crippen LogP contribution in [-0.4, -0.2) is 17.4 Å². The molecule has 0 saturated carbocycles. The van der Waals surface area contributed by atoms with Crippen LogP contribution >= 0.6 is 27.3 Å². The SMILES string of the molecule is Cc1cnc(CCNC(=O)c2cccc(Br)c2)s1. The van der Waals surface area contributed by atoms with Gasteiger partial charge in [0.2, 0.25) is 0 Å². The molecule has 1 amide bonds. The smallest absolute Gasteiger partial charge is 0.251 e. The standard InChI is InChI=1S/C13H13BrN2OS/c1-9-8-16-12(18-9)5-6-15-13(17)10-3-2-4-11(14)7-10/h2-4,7-8H,5-6H2,1H3,(H,15,17). The van der Waals surface area contributed by atoms with E-state index in [4.69, 9.17) is 0 Å². The predicted octanol–water partition coefficient (Wildman–Crippen LogP) is 3.19. The van der Waals surface area contributed by atoms with Crippen molar-refractivity contribution >= 4 is 33.2 Å². The lowest BCUT2D eigenvalue weighted by molar-refractivity contribution is 0.0954. The maximum atomic E-state index is 11.8. The Labute approximate surface area is 118 Å². The van der Waals surface area contributed by atoms with E-state index in [1.165, 1.54) is 4.88 Å². The van der Waals surface area contributed by atoms with Gasteiger partial charge in [0.15, 0.2) is 0 Å². The fourth-order valence-electron chi connectivity index (χ4n) is 1.53. The maximum absolute atomic E-state index is 11.8. The second kappa shape index (κ2) is 6.11. The van der Waals surface area contributed by atoms with Crippen molar-refractivity contribution in [1.29, 1.82) is 0 Å². The summed E-state index contributed by atoms with van der Waals surface area (Å²) < 4.78 is 0.908. The summed E-state index contributed by atoms with van der Waals surface area (Å²) in [4.78, 5) is 17.3. The minimum absolute atomic E-state index is 0.0513. The Morgan fingerprint density at radius 1 is 1.50 bits per heavy atom. The second-order valence-electron chi connectivity index (χ2n) is 3.88. The highest BCUT2D eigenvalue weighted by molar-refractivity contribution is 9.10. The molecule has 0 aliphatic carbocycles. The molecule has 0 bridgehead atoms. The minimum atomic E-state index is -0.0513. The third kappa shape index (κ3) is 3.65. The lowest BCUT2D eigenvalue weighted by Gasteiger charge is -2.04. The van der Waals surface area contributed by atoms with Gasteiger partial charge in [-0.25, -0.2) is 4.98 Å². The number of hydrogen-bond acceptors (Lipinski definition) is 3. The minimum Gasteiger partial charge on any atom is -0.352 e. The zero-order valence-electron chi connectivity index (χ0n) is 9.94. The molecule has 18 heavy (non-hydrogen) atoms. The maximum Gasteiger partial charge on any atom is 0.251 e. The molecule has 0 spiro atoms. The van der Waals surface area contributed by atoms with Gasteiger partial charge in [-0.1, -0.05) is 22.0 Å². The highest BCUT2D eigenvalue weighted by Gasteiger charge is 2.05. The van der Waals surface area contributed by atoms with Crippen LogP contribution in [0.25, 0.3) is 0 Å². The van der Waals surface area contributed by atoms with Crippen LogP contribution in [0, 0.1) is 6.92 Å². The fourth-order valence-corrected chi connectivity index (χ4v) is 2.72. The molecule has 1 aromatic heterocycles. The summed E-state index contributed by atoms with van der Waals surface area (Å²) in [6.07, 6.45) is 2.63. The quantitative estimate of drug-likeness (QED) is 0.938. The molecule has 3 nitrogen and oxygen atoms in total. The lowest BCUT2D eigenvalue weighted by Crippen LogP contribution is -2.25. The van der Waals surface area contributed by atoms with Gasteiger partial charge in [-0.2, -0.15) is 0 Å². The van der Waals surface area contributed by atoms with Crippen molar-refractivity contribution in [3.8, 4) is 0 Å². The van der Waals surface area contributed by atoms with Crippen LogP contribution < -0.4 is 5.32 Å². The Morgan fingerprint density at radius 3 is 3.00 bits per heavy atom. The Bertz CT molecular complexity index is 553. The summed E-state index contributed by atoms with van der Waals surface area (Å²) >= 11 is 5.02. The summed E-state index contributed by atoms with van der Waals surface area (Å²) in [6.45, 7) is 2.64. The van der Waals surface area contributed by atoms with Gasteiger partial charge in [-0.05, 0) is 25.1 Å². The van der Waals surface area contributed by atoms with Gasteiger partial charge in [-0.3, -0.25) is 4.79 Å². The van der Waals surface area contributed by atoms with Gasteiger partial charge >= 0.3 is 0 Å². The van der Waals surface area contributed by atoms with Crippen molar-refractivity contribution in [2.24, 2.45) is 0 Å². The van der Waals surface area contributed by atoms with Crippen LogP contribution in [-0.2, 0) is 6.42 Å². The third-order valence-electron chi connectivity index (χ3n) is 2.38. The largest absolute Gasteiger partial charge is 0.352 e. The molecule has 0 radical (unpaired) electrons. The highest BCUT2D eigenvalue weighted by Crippen LogP contribution is 2.12. The average molecular weight is 325 g/mol. The van der Waals surface area contributed by atoms with Gasteiger partial charge in [0.05, 0.1) is 5.01 Å². The molecule has 1 N–H and O–H groups in total. The molecule has 2 aromatic rings. The number of aryl methyl sites for hydroxylation is 1. The molecule has 0 aliphatic heterocycles. The highest BCUT2D eigenvalue weighted by atomic mass is 79.9. The summed E-state index contributed by atoms with van der Waals surface area (Å²) in [5.41, 5.74) is 0.666. The fraction of sp³-hybridized carbons (Fsp3) is 0.231. The zero-order valence-corrected chi connectivity index (χ0v) is 12.3. The Hall–Kier alpha value is -1.20. The van der Waals surface area contributed by atoms with Crippen molar-refractivity contribution in [2.75, 3.05) is 6.54 Å². The van der Waals surface area contributed by atoms with E-state index in [9.17, 15) is 4.79 Å². The first-order valence-corrected chi connectivity index (χ1v) is 7.21. The van der Waals surface area contributed by atoms with E-state index >= 15 is 0 Å². The molecule has 94 valence electrons. The number of carbonyl (C=O) groups is 1. The van der Waals surface area contributed by atoms with E-state index in [0.717, 1.165) is 15.9 Å². The van der Waals surface area contributed by atoms with Crippen molar-refractivity contribution in [1.82, 2.24) is 10.3 Å². The lowest BCUT2D eigenvalue weighted by atomic mass is 10.2. The monoisotopic (exact) mass is 324 g/mol. The number of nitrogens with one attached hydrogen (secondary N) is 1. The summed E-state index contributed by atoms with van der Waals surface area (Å²) in [5, 5.41) is 3.95.